The molecule has 1 aliphatic heterocycles. The van der Waals surface area contributed by atoms with Crippen LogP contribution in [0, 0.1) is 5.92 Å². The third-order valence-electron chi connectivity index (χ3n) is 6.43. The Labute approximate surface area is 163 Å². The predicted molar refractivity (Wildman–Crippen MR) is 107 cm³/mol. The highest BCUT2D eigenvalue weighted by atomic mass is 16.5. The van der Waals surface area contributed by atoms with Gasteiger partial charge in [0.1, 0.15) is 11.5 Å². The van der Waals surface area contributed by atoms with Crippen molar-refractivity contribution in [1.29, 1.82) is 0 Å². The second-order valence-corrected chi connectivity index (χ2v) is 8.15. The van der Waals surface area contributed by atoms with E-state index in [0.717, 1.165) is 55.2 Å². The molecule has 2 fully saturated rings. The van der Waals surface area contributed by atoms with Crippen molar-refractivity contribution < 1.29 is 14.3 Å². The van der Waals surface area contributed by atoms with E-state index in [1.807, 2.05) is 24.1 Å². The Balaban J connectivity index is 1.67. The molecule has 150 valence electrons. The van der Waals surface area contributed by atoms with E-state index in [-0.39, 0.29) is 11.9 Å². The van der Waals surface area contributed by atoms with Crippen LogP contribution in [-0.4, -0.2) is 56.1 Å². The Morgan fingerprint density at radius 1 is 1.15 bits per heavy atom. The van der Waals surface area contributed by atoms with E-state index in [1.54, 1.807) is 14.2 Å². The lowest BCUT2D eigenvalue weighted by molar-refractivity contribution is -0.134. The molecule has 0 N–H and O–H groups in total. The van der Waals surface area contributed by atoms with Crippen LogP contribution in [-0.2, 0) is 4.79 Å². The molecule has 1 saturated carbocycles. The smallest absolute Gasteiger partial charge is 0.236 e. The minimum Gasteiger partial charge on any atom is -0.497 e. The van der Waals surface area contributed by atoms with Gasteiger partial charge in [0.25, 0.3) is 0 Å². The van der Waals surface area contributed by atoms with Crippen LogP contribution in [0.3, 0.4) is 0 Å². The van der Waals surface area contributed by atoms with Crippen molar-refractivity contribution >= 4 is 5.91 Å². The van der Waals surface area contributed by atoms with Crippen molar-refractivity contribution in [2.24, 2.45) is 5.92 Å². The molecule has 1 aromatic rings. The van der Waals surface area contributed by atoms with Gasteiger partial charge in [0.05, 0.1) is 20.8 Å². The molecule has 5 nitrogen and oxygen atoms in total. The quantitative estimate of drug-likeness (QED) is 0.758. The average molecular weight is 375 g/mol. The van der Waals surface area contributed by atoms with Crippen LogP contribution < -0.4 is 9.47 Å². The molecule has 1 amide bonds. The van der Waals surface area contributed by atoms with E-state index in [9.17, 15) is 4.79 Å². The topological polar surface area (TPSA) is 42.0 Å². The molecular weight excluding hydrogens is 340 g/mol. The number of benzene rings is 1. The first-order chi connectivity index (χ1) is 13.0. The molecule has 0 aromatic heterocycles. The SMILES string of the molecule is COc1ccc([C@H]2CCCN2CC(=O)N(C)C2CCC(C)CC2)c(OC)c1. The van der Waals surface area contributed by atoms with Gasteiger partial charge in [-0.2, -0.15) is 0 Å². The maximum Gasteiger partial charge on any atom is 0.236 e. The van der Waals surface area contributed by atoms with Crippen LogP contribution in [0.4, 0.5) is 0 Å². The number of amides is 1. The maximum absolute atomic E-state index is 12.9. The summed E-state index contributed by atoms with van der Waals surface area (Å²) in [6.07, 6.45) is 6.91. The summed E-state index contributed by atoms with van der Waals surface area (Å²) in [5.41, 5.74) is 1.15. The molecule has 0 bridgehead atoms. The van der Waals surface area contributed by atoms with Crippen molar-refractivity contribution in [3.63, 3.8) is 0 Å². The summed E-state index contributed by atoms with van der Waals surface area (Å²) in [4.78, 5) is 17.3. The lowest BCUT2D eigenvalue weighted by Crippen LogP contribution is -2.44. The molecule has 5 heteroatoms. The molecular formula is C22H34N2O3. The number of hydrogen-bond acceptors (Lipinski definition) is 4. The summed E-state index contributed by atoms with van der Waals surface area (Å²) in [7, 11) is 5.35. The fourth-order valence-corrected chi connectivity index (χ4v) is 4.58. The van der Waals surface area contributed by atoms with Gasteiger partial charge >= 0.3 is 0 Å². The number of likely N-dealkylation sites (N-methyl/N-ethyl adjacent to an activating group) is 1. The van der Waals surface area contributed by atoms with Crippen LogP contribution in [0.2, 0.25) is 0 Å². The zero-order chi connectivity index (χ0) is 19.4. The molecule has 27 heavy (non-hydrogen) atoms. The number of carbonyl (C=O) groups is 1. The monoisotopic (exact) mass is 374 g/mol. The first-order valence-electron chi connectivity index (χ1n) is 10.2. The van der Waals surface area contributed by atoms with Gasteiger partial charge in [0.15, 0.2) is 0 Å². The standard InChI is InChI=1S/C22H34N2O3/c1-16-7-9-17(10-8-16)23(2)22(25)15-24-13-5-6-20(24)19-12-11-18(26-3)14-21(19)27-4/h11-12,14,16-17,20H,5-10,13,15H2,1-4H3/t16?,17?,20-/m1/s1. The molecule has 3 rings (SSSR count). The second-order valence-electron chi connectivity index (χ2n) is 8.15. The molecule has 0 radical (unpaired) electrons. The van der Waals surface area contributed by atoms with Gasteiger partial charge in [-0.1, -0.05) is 13.0 Å². The summed E-state index contributed by atoms with van der Waals surface area (Å²) in [6, 6.07) is 6.63. The summed E-state index contributed by atoms with van der Waals surface area (Å²) in [6.45, 7) is 3.76. The Bertz CT molecular complexity index is 640. The lowest BCUT2D eigenvalue weighted by Gasteiger charge is -2.35. The van der Waals surface area contributed by atoms with E-state index >= 15 is 0 Å². The van der Waals surface area contributed by atoms with Crippen molar-refractivity contribution in [2.75, 3.05) is 34.4 Å². The number of methoxy groups -OCH3 is 2. The van der Waals surface area contributed by atoms with Gasteiger partial charge in [-0.3, -0.25) is 9.69 Å². The Morgan fingerprint density at radius 3 is 2.56 bits per heavy atom. The Morgan fingerprint density at radius 2 is 1.89 bits per heavy atom. The number of hydrogen-bond donors (Lipinski definition) is 0. The molecule has 2 aliphatic rings. The first-order valence-corrected chi connectivity index (χ1v) is 10.2. The molecule has 1 atom stereocenters. The summed E-state index contributed by atoms with van der Waals surface area (Å²) in [5, 5.41) is 0. The molecule has 0 unspecified atom stereocenters. The van der Waals surface area contributed by atoms with Crippen molar-refractivity contribution in [2.45, 2.75) is 57.5 Å². The van der Waals surface area contributed by atoms with Crippen LogP contribution in [0.1, 0.15) is 57.1 Å². The van der Waals surface area contributed by atoms with Crippen molar-refractivity contribution in [3.8, 4) is 11.5 Å². The highest BCUT2D eigenvalue weighted by Gasteiger charge is 2.32. The summed E-state index contributed by atoms with van der Waals surface area (Å²) >= 11 is 0. The largest absolute Gasteiger partial charge is 0.497 e. The van der Waals surface area contributed by atoms with Gasteiger partial charge in [-0.15, -0.1) is 0 Å². The second kappa shape index (κ2) is 8.96. The molecule has 1 aliphatic carbocycles. The molecule has 1 aromatic carbocycles. The van der Waals surface area contributed by atoms with Gasteiger partial charge in [0, 0.05) is 30.8 Å². The Hall–Kier alpha value is -1.75. The van der Waals surface area contributed by atoms with Gasteiger partial charge < -0.3 is 14.4 Å². The van der Waals surface area contributed by atoms with Gasteiger partial charge in [-0.05, 0) is 57.1 Å². The zero-order valence-electron chi connectivity index (χ0n) is 17.2. The minimum atomic E-state index is 0.231. The average Bonchev–Trinajstić information content (AvgIpc) is 3.15. The summed E-state index contributed by atoms with van der Waals surface area (Å²) < 4.78 is 10.9. The number of rotatable bonds is 6. The summed E-state index contributed by atoms with van der Waals surface area (Å²) in [5.74, 6) is 2.68. The van der Waals surface area contributed by atoms with Crippen LogP contribution in [0.15, 0.2) is 18.2 Å². The first kappa shape index (κ1) is 20.0. The predicted octanol–water partition coefficient (Wildman–Crippen LogP) is 3.88. The van der Waals surface area contributed by atoms with E-state index in [1.165, 1.54) is 12.8 Å². The minimum absolute atomic E-state index is 0.231. The molecule has 0 spiro atoms. The molecule has 1 heterocycles. The van der Waals surface area contributed by atoms with Gasteiger partial charge in [0.2, 0.25) is 5.91 Å². The van der Waals surface area contributed by atoms with Crippen LogP contribution >= 0.6 is 0 Å². The zero-order valence-corrected chi connectivity index (χ0v) is 17.2. The third-order valence-corrected chi connectivity index (χ3v) is 6.43. The Kier molecular flexibility index (Phi) is 6.64. The fourth-order valence-electron chi connectivity index (χ4n) is 4.58. The van der Waals surface area contributed by atoms with Gasteiger partial charge in [-0.25, -0.2) is 0 Å². The highest BCUT2D eigenvalue weighted by Crippen LogP contribution is 2.38. The number of likely N-dealkylation sites (tertiary alicyclic amines) is 1. The van der Waals surface area contributed by atoms with Crippen molar-refractivity contribution in [3.05, 3.63) is 23.8 Å². The third kappa shape index (κ3) is 4.57. The highest BCUT2D eigenvalue weighted by molar-refractivity contribution is 5.78. The normalized spacial score (nSPS) is 26.0. The van der Waals surface area contributed by atoms with Crippen LogP contribution in [0.25, 0.3) is 0 Å². The molecule has 1 saturated heterocycles. The number of nitrogens with zero attached hydrogens (tertiary/aromatic N) is 2. The number of carbonyl (C=O) groups excluding carboxylic acids is 1. The fraction of sp³-hybridized carbons (Fsp3) is 0.682. The van der Waals surface area contributed by atoms with E-state index in [0.29, 0.717) is 12.6 Å². The van der Waals surface area contributed by atoms with E-state index in [2.05, 4.69) is 17.9 Å². The number of ether oxygens (including phenoxy) is 2. The van der Waals surface area contributed by atoms with Crippen LogP contribution in [0.5, 0.6) is 11.5 Å². The van der Waals surface area contributed by atoms with Crippen molar-refractivity contribution in [1.82, 2.24) is 9.80 Å². The van der Waals surface area contributed by atoms with E-state index < -0.39 is 0 Å². The lowest BCUT2D eigenvalue weighted by atomic mass is 9.87. The maximum atomic E-state index is 12.9. The van der Waals surface area contributed by atoms with E-state index in [4.69, 9.17) is 9.47 Å².